The van der Waals surface area contributed by atoms with Crippen LogP contribution in [0.4, 0.5) is 10.5 Å². The van der Waals surface area contributed by atoms with Gasteiger partial charge in [0.2, 0.25) is 0 Å². The van der Waals surface area contributed by atoms with E-state index in [9.17, 15) is 9.59 Å². The average molecular weight is 422 g/mol. The van der Waals surface area contributed by atoms with Gasteiger partial charge in [-0.15, -0.1) is 10.2 Å². The van der Waals surface area contributed by atoms with Gasteiger partial charge in [-0.1, -0.05) is 6.07 Å². The van der Waals surface area contributed by atoms with Crippen LogP contribution in [0.15, 0.2) is 42.6 Å². The lowest BCUT2D eigenvalue weighted by atomic mass is 10.1. The van der Waals surface area contributed by atoms with Crippen molar-refractivity contribution in [3.05, 3.63) is 54.0 Å². The van der Waals surface area contributed by atoms with E-state index in [-0.39, 0.29) is 23.9 Å². The van der Waals surface area contributed by atoms with Gasteiger partial charge in [-0.05, 0) is 44.5 Å². The van der Waals surface area contributed by atoms with Crippen molar-refractivity contribution in [3.8, 4) is 5.75 Å². The lowest BCUT2D eigenvalue weighted by Crippen LogP contribution is -2.41. The van der Waals surface area contributed by atoms with E-state index in [4.69, 9.17) is 4.74 Å². The molecular weight excluding hydrogens is 396 g/mol. The molecule has 0 aliphatic carbocycles. The Balaban J connectivity index is 1.52. The van der Waals surface area contributed by atoms with E-state index >= 15 is 0 Å². The van der Waals surface area contributed by atoms with Crippen molar-refractivity contribution in [2.75, 3.05) is 25.5 Å². The Hall–Kier alpha value is -3.62. The summed E-state index contributed by atoms with van der Waals surface area (Å²) in [6.45, 7) is 5.11. The SMILES string of the molecule is COc1cccc(NC(=O)c2ccc3nnc([C@H]4CCN(C(=O)NC(C)C)C4)n3c2)c1. The van der Waals surface area contributed by atoms with Crippen molar-refractivity contribution < 1.29 is 14.3 Å². The number of rotatable bonds is 5. The van der Waals surface area contributed by atoms with Crippen LogP contribution in [0.25, 0.3) is 5.65 Å². The van der Waals surface area contributed by atoms with Gasteiger partial charge in [0.25, 0.3) is 5.91 Å². The van der Waals surface area contributed by atoms with Gasteiger partial charge in [0.05, 0.1) is 12.7 Å². The molecule has 1 aliphatic heterocycles. The number of urea groups is 1. The number of pyridine rings is 1. The Morgan fingerprint density at radius 1 is 1.19 bits per heavy atom. The Bertz CT molecular complexity index is 1110. The zero-order chi connectivity index (χ0) is 22.0. The van der Waals surface area contributed by atoms with Crippen LogP contribution in [0.3, 0.4) is 0 Å². The quantitative estimate of drug-likeness (QED) is 0.658. The van der Waals surface area contributed by atoms with Gasteiger partial charge in [-0.3, -0.25) is 9.20 Å². The summed E-state index contributed by atoms with van der Waals surface area (Å²) in [5.41, 5.74) is 1.80. The molecule has 3 heterocycles. The zero-order valence-electron chi connectivity index (χ0n) is 17.8. The highest BCUT2D eigenvalue weighted by Gasteiger charge is 2.30. The van der Waals surface area contributed by atoms with Crippen molar-refractivity contribution >= 4 is 23.3 Å². The molecule has 1 aliphatic rings. The number of ether oxygens (including phenoxy) is 1. The van der Waals surface area contributed by atoms with E-state index in [1.54, 1.807) is 42.5 Å². The molecule has 0 saturated carbocycles. The molecule has 9 nitrogen and oxygen atoms in total. The van der Waals surface area contributed by atoms with Gasteiger partial charge in [-0.2, -0.15) is 0 Å². The third-order valence-corrected chi connectivity index (χ3v) is 5.27. The maximum atomic E-state index is 12.8. The Morgan fingerprint density at radius 2 is 2.03 bits per heavy atom. The van der Waals surface area contributed by atoms with E-state index in [2.05, 4.69) is 20.8 Å². The summed E-state index contributed by atoms with van der Waals surface area (Å²) in [7, 11) is 1.58. The number of nitrogens with one attached hydrogen (secondary N) is 2. The number of hydrogen-bond donors (Lipinski definition) is 2. The minimum absolute atomic E-state index is 0.0598. The summed E-state index contributed by atoms with van der Waals surface area (Å²) in [5, 5.41) is 14.4. The van der Waals surface area contributed by atoms with E-state index in [1.807, 2.05) is 30.4 Å². The number of methoxy groups -OCH3 is 1. The molecule has 0 radical (unpaired) electrons. The lowest BCUT2D eigenvalue weighted by molar-refractivity contribution is 0.102. The van der Waals surface area contributed by atoms with E-state index in [1.165, 1.54) is 0 Å². The number of amides is 3. The maximum Gasteiger partial charge on any atom is 0.317 e. The second-order valence-electron chi connectivity index (χ2n) is 7.93. The summed E-state index contributed by atoms with van der Waals surface area (Å²) in [5.74, 6) is 1.25. The van der Waals surface area contributed by atoms with Gasteiger partial charge in [-0.25, -0.2) is 4.79 Å². The van der Waals surface area contributed by atoms with Gasteiger partial charge >= 0.3 is 6.03 Å². The zero-order valence-corrected chi connectivity index (χ0v) is 17.8. The molecule has 2 N–H and O–H groups in total. The van der Waals surface area contributed by atoms with Gasteiger partial charge < -0.3 is 20.3 Å². The molecule has 0 spiro atoms. The molecule has 3 amide bonds. The van der Waals surface area contributed by atoms with Crippen LogP contribution in [0.5, 0.6) is 5.75 Å². The predicted octanol–water partition coefficient (Wildman–Crippen LogP) is 2.90. The average Bonchev–Trinajstić information content (AvgIpc) is 3.40. The summed E-state index contributed by atoms with van der Waals surface area (Å²) in [6.07, 6.45) is 2.55. The Morgan fingerprint density at radius 3 is 2.81 bits per heavy atom. The first-order chi connectivity index (χ1) is 14.9. The standard InChI is InChI=1S/C22H26N6O3/c1-14(2)23-22(30)27-10-9-15(12-27)20-26-25-19-8-7-16(13-28(19)20)21(29)24-17-5-4-6-18(11-17)31-3/h4-8,11,13-15H,9-10,12H2,1-3H3,(H,23,30)(H,24,29)/t15-/m0/s1. The number of likely N-dealkylation sites (tertiary alicyclic amines) is 1. The highest BCUT2D eigenvalue weighted by molar-refractivity contribution is 6.04. The molecule has 1 saturated heterocycles. The lowest BCUT2D eigenvalue weighted by Gasteiger charge is -2.18. The maximum absolute atomic E-state index is 12.8. The van der Waals surface area contributed by atoms with Crippen LogP contribution >= 0.6 is 0 Å². The van der Waals surface area contributed by atoms with E-state index < -0.39 is 0 Å². The van der Waals surface area contributed by atoms with Gasteiger partial charge in [0.1, 0.15) is 11.6 Å². The molecule has 1 aromatic carbocycles. The second-order valence-corrected chi connectivity index (χ2v) is 7.93. The molecule has 0 bridgehead atoms. The Kier molecular flexibility index (Phi) is 5.75. The molecule has 3 aromatic rings. The topological polar surface area (TPSA) is 101 Å². The van der Waals surface area contributed by atoms with Crippen molar-refractivity contribution in [3.63, 3.8) is 0 Å². The first kappa shape index (κ1) is 20.6. The molecule has 0 unspecified atom stereocenters. The van der Waals surface area contributed by atoms with Crippen molar-refractivity contribution in [2.45, 2.75) is 32.2 Å². The summed E-state index contributed by atoms with van der Waals surface area (Å²) >= 11 is 0. The van der Waals surface area contributed by atoms with Crippen LogP contribution in [0, 0.1) is 0 Å². The molecule has 31 heavy (non-hydrogen) atoms. The fourth-order valence-electron chi connectivity index (χ4n) is 3.72. The smallest absolute Gasteiger partial charge is 0.317 e. The number of fused-ring (bicyclic) bond motifs is 1. The van der Waals surface area contributed by atoms with Gasteiger partial charge in [0, 0.05) is 43.0 Å². The third-order valence-electron chi connectivity index (χ3n) is 5.27. The van der Waals surface area contributed by atoms with Crippen molar-refractivity contribution in [2.24, 2.45) is 0 Å². The number of nitrogens with zero attached hydrogens (tertiary/aromatic N) is 4. The summed E-state index contributed by atoms with van der Waals surface area (Å²) in [4.78, 5) is 26.9. The summed E-state index contributed by atoms with van der Waals surface area (Å²) < 4.78 is 7.05. The van der Waals surface area contributed by atoms with E-state index in [0.29, 0.717) is 35.7 Å². The summed E-state index contributed by atoms with van der Waals surface area (Å²) in [6, 6.07) is 10.7. The van der Waals surface area contributed by atoms with Crippen molar-refractivity contribution in [1.82, 2.24) is 24.8 Å². The molecule has 9 heteroatoms. The van der Waals surface area contributed by atoms with Crippen LogP contribution < -0.4 is 15.4 Å². The van der Waals surface area contributed by atoms with Crippen LogP contribution in [0.1, 0.15) is 42.4 Å². The fraction of sp³-hybridized carbons (Fsp3) is 0.364. The number of carbonyl (C=O) groups is 2. The molecule has 1 fully saturated rings. The largest absolute Gasteiger partial charge is 0.497 e. The highest BCUT2D eigenvalue weighted by Crippen LogP contribution is 2.27. The minimum atomic E-state index is -0.237. The van der Waals surface area contributed by atoms with Crippen molar-refractivity contribution in [1.29, 1.82) is 0 Å². The first-order valence-corrected chi connectivity index (χ1v) is 10.3. The molecular formula is C22H26N6O3. The third kappa shape index (κ3) is 4.45. The number of carbonyl (C=O) groups excluding carboxylic acids is 2. The van der Waals surface area contributed by atoms with E-state index in [0.717, 1.165) is 12.2 Å². The molecule has 1 atom stereocenters. The minimum Gasteiger partial charge on any atom is -0.497 e. The Labute approximate surface area is 180 Å². The van der Waals surface area contributed by atoms with Crippen LogP contribution in [-0.4, -0.2) is 57.7 Å². The molecule has 4 rings (SSSR count). The van der Waals surface area contributed by atoms with Crippen LogP contribution in [0.2, 0.25) is 0 Å². The molecule has 162 valence electrons. The predicted molar refractivity (Wildman–Crippen MR) is 117 cm³/mol. The van der Waals surface area contributed by atoms with Gasteiger partial charge in [0.15, 0.2) is 5.65 Å². The fourth-order valence-corrected chi connectivity index (χ4v) is 3.72. The number of anilines is 1. The number of aromatic nitrogens is 3. The number of hydrogen-bond acceptors (Lipinski definition) is 5. The number of benzene rings is 1. The monoisotopic (exact) mass is 422 g/mol. The normalized spacial score (nSPS) is 16.0. The highest BCUT2D eigenvalue weighted by atomic mass is 16.5. The second kappa shape index (κ2) is 8.63. The first-order valence-electron chi connectivity index (χ1n) is 10.3. The molecule has 2 aromatic heterocycles. The van der Waals surface area contributed by atoms with Crippen LogP contribution in [-0.2, 0) is 0 Å².